The number of rotatable bonds is 7. The maximum atomic E-state index is 5.58. The third-order valence-electron chi connectivity index (χ3n) is 2.08. The first-order valence-corrected chi connectivity index (χ1v) is 6.12. The first-order chi connectivity index (χ1) is 7.72. The van der Waals surface area contributed by atoms with E-state index in [1.807, 2.05) is 24.3 Å². The van der Waals surface area contributed by atoms with Crippen molar-refractivity contribution in [1.29, 1.82) is 0 Å². The maximum absolute atomic E-state index is 5.58. The number of ether oxygens (including phenoxy) is 2. The quantitative estimate of drug-likeness (QED) is 0.782. The van der Waals surface area contributed by atoms with Gasteiger partial charge in [-0.1, -0.05) is 22.0 Å². The van der Waals surface area contributed by atoms with Crippen molar-refractivity contribution >= 4 is 15.9 Å². The fraction of sp³-hybridized carbons (Fsp3) is 0.500. The molecule has 3 nitrogen and oxygen atoms in total. The summed E-state index contributed by atoms with van der Waals surface area (Å²) >= 11 is 3.40. The van der Waals surface area contributed by atoms with Gasteiger partial charge in [-0.15, -0.1) is 0 Å². The molecule has 0 radical (unpaired) electrons. The number of benzene rings is 1. The van der Waals surface area contributed by atoms with Gasteiger partial charge in [0.1, 0.15) is 12.4 Å². The molecule has 0 spiro atoms. The zero-order chi connectivity index (χ0) is 11.8. The fourth-order valence-corrected chi connectivity index (χ4v) is 1.72. The Balaban J connectivity index is 2.16. The molecule has 4 heteroatoms. The lowest BCUT2D eigenvalue weighted by Crippen LogP contribution is -2.33. The molecule has 0 aliphatic heterocycles. The molecule has 0 saturated carbocycles. The van der Waals surface area contributed by atoms with Crippen molar-refractivity contribution in [1.82, 2.24) is 5.32 Å². The van der Waals surface area contributed by atoms with Gasteiger partial charge >= 0.3 is 0 Å². The van der Waals surface area contributed by atoms with Gasteiger partial charge in [-0.3, -0.25) is 0 Å². The van der Waals surface area contributed by atoms with Gasteiger partial charge in [0.2, 0.25) is 0 Å². The molecule has 0 heterocycles. The van der Waals surface area contributed by atoms with Crippen molar-refractivity contribution in [3.63, 3.8) is 0 Å². The summed E-state index contributed by atoms with van der Waals surface area (Å²) in [4.78, 5) is 0. The zero-order valence-corrected chi connectivity index (χ0v) is 11.3. The molecule has 1 aromatic carbocycles. The van der Waals surface area contributed by atoms with Crippen LogP contribution in [0.1, 0.15) is 6.92 Å². The molecule has 1 aromatic rings. The predicted octanol–water partition coefficient (Wildman–Crippen LogP) is 2.45. The van der Waals surface area contributed by atoms with E-state index in [9.17, 15) is 0 Å². The van der Waals surface area contributed by atoms with Gasteiger partial charge in [0.05, 0.1) is 6.61 Å². The first kappa shape index (κ1) is 13.5. The Morgan fingerprint density at radius 3 is 2.94 bits per heavy atom. The minimum atomic E-state index is 0.358. The zero-order valence-electron chi connectivity index (χ0n) is 9.70. The minimum Gasteiger partial charge on any atom is -0.492 e. The molecule has 0 aliphatic rings. The molecule has 1 unspecified atom stereocenters. The summed E-state index contributed by atoms with van der Waals surface area (Å²) < 4.78 is 11.6. The second kappa shape index (κ2) is 7.65. The SMILES string of the molecule is COCC(C)NCCOc1cccc(Br)c1. The van der Waals surface area contributed by atoms with Gasteiger partial charge in [-0.2, -0.15) is 0 Å². The molecule has 0 fully saturated rings. The van der Waals surface area contributed by atoms with Gasteiger partial charge in [-0.25, -0.2) is 0 Å². The summed E-state index contributed by atoms with van der Waals surface area (Å²) in [6, 6.07) is 8.20. The summed E-state index contributed by atoms with van der Waals surface area (Å²) in [5.74, 6) is 0.885. The Kier molecular flexibility index (Phi) is 6.45. The van der Waals surface area contributed by atoms with Crippen LogP contribution >= 0.6 is 15.9 Å². The Labute approximate surface area is 105 Å². The largest absolute Gasteiger partial charge is 0.492 e. The number of hydrogen-bond acceptors (Lipinski definition) is 3. The number of halogens is 1. The summed E-state index contributed by atoms with van der Waals surface area (Å²) in [6.45, 7) is 4.28. The van der Waals surface area contributed by atoms with Crippen LogP contribution in [0.2, 0.25) is 0 Å². The standard InChI is InChI=1S/C12H18BrNO2/c1-10(9-15-2)14-6-7-16-12-5-3-4-11(13)8-12/h3-5,8,10,14H,6-7,9H2,1-2H3. The van der Waals surface area contributed by atoms with Crippen LogP contribution in [0.5, 0.6) is 5.75 Å². The van der Waals surface area contributed by atoms with Gasteiger partial charge in [0, 0.05) is 24.2 Å². The summed E-state index contributed by atoms with van der Waals surface area (Å²) in [6.07, 6.45) is 0. The highest BCUT2D eigenvalue weighted by molar-refractivity contribution is 9.10. The van der Waals surface area contributed by atoms with Crippen LogP contribution in [0.3, 0.4) is 0 Å². The van der Waals surface area contributed by atoms with E-state index < -0.39 is 0 Å². The van der Waals surface area contributed by atoms with Crippen LogP contribution in [-0.4, -0.2) is 32.9 Å². The van der Waals surface area contributed by atoms with E-state index in [1.165, 1.54) is 0 Å². The minimum absolute atomic E-state index is 0.358. The summed E-state index contributed by atoms with van der Waals surface area (Å²) in [5, 5.41) is 3.31. The van der Waals surface area contributed by atoms with Crippen molar-refractivity contribution in [3.05, 3.63) is 28.7 Å². The van der Waals surface area contributed by atoms with E-state index in [1.54, 1.807) is 7.11 Å². The normalized spacial score (nSPS) is 12.4. The molecular weight excluding hydrogens is 270 g/mol. The van der Waals surface area contributed by atoms with E-state index in [0.29, 0.717) is 12.6 Å². The van der Waals surface area contributed by atoms with Crippen molar-refractivity contribution in [2.24, 2.45) is 0 Å². The molecule has 0 aliphatic carbocycles. The highest BCUT2D eigenvalue weighted by Crippen LogP contribution is 2.17. The fourth-order valence-electron chi connectivity index (χ4n) is 1.34. The second-order valence-electron chi connectivity index (χ2n) is 3.62. The second-order valence-corrected chi connectivity index (χ2v) is 4.53. The van der Waals surface area contributed by atoms with E-state index in [0.717, 1.165) is 23.4 Å². The molecule has 1 rings (SSSR count). The Bertz CT molecular complexity index is 307. The van der Waals surface area contributed by atoms with E-state index in [4.69, 9.17) is 9.47 Å². The van der Waals surface area contributed by atoms with Crippen LogP contribution in [0.4, 0.5) is 0 Å². The smallest absolute Gasteiger partial charge is 0.120 e. The lowest BCUT2D eigenvalue weighted by atomic mass is 10.3. The Morgan fingerprint density at radius 2 is 2.25 bits per heavy atom. The van der Waals surface area contributed by atoms with Crippen LogP contribution in [0, 0.1) is 0 Å². The van der Waals surface area contributed by atoms with Gasteiger partial charge in [0.15, 0.2) is 0 Å². The van der Waals surface area contributed by atoms with Crippen LogP contribution in [0.25, 0.3) is 0 Å². The number of hydrogen-bond donors (Lipinski definition) is 1. The molecule has 0 aromatic heterocycles. The molecule has 0 amide bonds. The van der Waals surface area contributed by atoms with E-state index in [-0.39, 0.29) is 0 Å². The summed E-state index contributed by atoms with van der Waals surface area (Å²) in [5.41, 5.74) is 0. The topological polar surface area (TPSA) is 30.5 Å². The highest BCUT2D eigenvalue weighted by Gasteiger charge is 1.99. The average molecular weight is 288 g/mol. The molecule has 1 atom stereocenters. The van der Waals surface area contributed by atoms with Gasteiger partial charge in [-0.05, 0) is 25.1 Å². The molecule has 0 bridgehead atoms. The van der Waals surface area contributed by atoms with Crippen LogP contribution < -0.4 is 10.1 Å². The van der Waals surface area contributed by atoms with Crippen LogP contribution in [0.15, 0.2) is 28.7 Å². The van der Waals surface area contributed by atoms with Crippen LogP contribution in [-0.2, 0) is 4.74 Å². The molecular formula is C12H18BrNO2. The predicted molar refractivity (Wildman–Crippen MR) is 69.0 cm³/mol. The lowest BCUT2D eigenvalue weighted by Gasteiger charge is -2.13. The third-order valence-corrected chi connectivity index (χ3v) is 2.57. The highest BCUT2D eigenvalue weighted by atomic mass is 79.9. The number of methoxy groups -OCH3 is 1. The Morgan fingerprint density at radius 1 is 1.44 bits per heavy atom. The van der Waals surface area contributed by atoms with E-state index >= 15 is 0 Å². The monoisotopic (exact) mass is 287 g/mol. The van der Waals surface area contributed by atoms with Crippen molar-refractivity contribution in [3.8, 4) is 5.75 Å². The molecule has 90 valence electrons. The van der Waals surface area contributed by atoms with Crippen molar-refractivity contribution in [2.45, 2.75) is 13.0 Å². The number of nitrogens with one attached hydrogen (secondary N) is 1. The summed E-state index contributed by atoms with van der Waals surface area (Å²) in [7, 11) is 1.70. The maximum Gasteiger partial charge on any atom is 0.120 e. The van der Waals surface area contributed by atoms with Crippen molar-refractivity contribution in [2.75, 3.05) is 26.9 Å². The Hall–Kier alpha value is -0.580. The molecule has 0 saturated heterocycles. The van der Waals surface area contributed by atoms with Gasteiger partial charge < -0.3 is 14.8 Å². The molecule has 16 heavy (non-hydrogen) atoms. The lowest BCUT2D eigenvalue weighted by molar-refractivity contribution is 0.169. The first-order valence-electron chi connectivity index (χ1n) is 5.33. The van der Waals surface area contributed by atoms with Gasteiger partial charge in [0.25, 0.3) is 0 Å². The third kappa shape index (κ3) is 5.49. The van der Waals surface area contributed by atoms with E-state index in [2.05, 4.69) is 28.2 Å². The van der Waals surface area contributed by atoms with Crippen molar-refractivity contribution < 1.29 is 9.47 Å². The molecule has 1 N–H and O–H groups in total. The average Bonchev–Trinajstić information content (AvgIpc) is 2.25.